The summed E-state index contributed by atoms with van der Waals surface area (Å²) in [7, 11) is 0. The van der Waals surface area contributed by atoms with Gasteiger partial charge in [0.1, 0.15) is 0 Å². The van der Waals surface area contributed by atoms with Crippen molar-refractivity contribution in [3.05, 3.63) is 70.7 Å². The molecule has 2 N–H and O–H groups in total. The van der Waals surface area contributed by atoms with Gasteiger partial charge < -0.3 is 15.4 Å². The average Bonchev–Trinajstić information content (AvgIpc) is 2.87. The summed E-state index contributed by atoms with van der Waals surface area (Å²) in [6, 6.07) is 16.3. The second-order valence-corrected chi connectivity index (χ2v) is 9.12. The van der Waals surface area contributed by atoms with Gasteiger partial charge >= 0.3 is 0 Å². The first-order chi connectivity index (χ1) is 16.5. The molecule has 34 heavy (non-hydrogen) atoms. The van der Waals surface area contributed by atoms with Crippen LogP contribution in [0.1, 0.15) is 55.1 Å². The van der Waals surface area contributed by atoms with E-state index in [0.717, 1.165) is 44.7 Å². The Kier molecular flexibility index (Phi) is 10.4. The molecule has 1 aliphatic rings. The van der Waals surface area contributed by atoms with Crippen molar-refractivity contribution in [1.29, 1.82) is 0 Å². The van der Waals surface area contributed by atoms with Crippen molar-refractivity contribution in [2.24, 2.45) is 5.92 Å². The Hall–Kier alpha value is -2.41. The summed E-state index contributed by atoms with van der Waals surface area (Å²) in [5, 5.41) is 6.55. The zero-order valence-corrected chi connectivity index (χ0v) is 20.9. The molecule has 0 saturated carbocycles. The third-order valence-corrected chi connectivity index (χ3v) is 6.96. The van der Waals surface area contributed by atoms with Crippen molar-refractivity contribution in [1.82, 2.24) is 15.5 Å². The van der Waals surface area contributed by atoms with Crippen LogP contribution in [0, 0.1) is 5.92 Å². The maximum Gasteiger partial charge on any atom is 0.253 e. The van der Waals surface area contributed by atoms with E-state index in [-0.39, 0.29) is 24.3 Å². The summed E-state index contributed by atoms with van der Waals surface area (Å²) in [5.74, 6) is 0.122. The van der Waals surface area contributed by atoms with Crippen molar-refractivity contribution >= 4 is 23.4 Å². The molecule has 0 bridgehead atoms. The number of nitrogens with one attached hydrogen (secondary N) is 2. The van der Waals surface area contributed by atoms with E-state index in [0.29, 0.717) is 23.0 Å². The molecule has 184 valence electrons. The molecule has 1 aliphatic heterocycles. The van der Waals surface area contributed by atoms with E-state index >= 15 is 0 Å². The monoisotopic (exact) mass is 485 g/mol. The number of carbonyl (C=O) groups excluding carboxylic acids is 2. The minimum Gasteiger partial charge on any atom is -0.379 e. The highest BCUT2D eigenvalue weighted by molar-refractivity contribution is 6.33. The summed E-state index contributed by atoms with van der Waals surface area (Å²) < 4.78 is 5.53. The summed E-state index contributed by atoms with van der Waals surface area (Å²) in [6.45, 7) is 8.24. The Bertz CT molecular complexity index is 914. The highest BCUT2D eigenvalue weighted by Crippen LogP contribution is 2.22. The van der Waals surface area contributed by atoms with Gasteiger partial charge in [0.15, 0.2) is 0 Å². The van der Waals surface area contributed by atoms with Gasteiger partial charge in [-0.1, -0.05) is 80.8 Å². The minimum absolute atomic E-state index is 0.0856. The molecule has 0 radical (unpaired) electrons. The number of halogens is 1. The lowest BCUT2D eigenvalue weighted by molar-refractivity contribution is -0.122. The van der Waals surface area contributed by atoms with Crippen LogP contribution in [0.4, 0.5) is 0 Å². The van der Waals surface area contributed by atoms with Crippen LogP contribution in [0.2, 0.25) is 5.02 Å². The molecule has 0 spiro atoms. The molecule has 2 aromatic carbocycles. The topological polar surface area (TPSA) is 70.7 Å². The van der Waals surface area contributed by atoms with Crippen molar-refractivity contribution in [2.75, 3.05) is 32.8 Å². The summed E-state index contributed by atoms with van der Waals surface area (Å²) in [5.41, 5.74) is 1.27. The van der Waals surface area contributed by atoms with Crippen LogP contribution in [0.15, 0.2) is 54.6 Å². The Morgan fingerprint density at radius 3 is 2.29 bits per heavy atom. The first-order valence-electron chi connectivity index (χ1n) is 12.2. The number of benzene rings is 2. The second-order valence-electron chi connectivity index (χ2n) is 8.72. The molecule has 1 heterocycles. The lowest BCUT2D eigenvalue weighted by Crippen LogP contribution is -2.52. The lowest BCUT2D eigenvalue weighted by Gasteiger charge is -2.38. The first-order valence-corrected chi connectivity index (χ1v) is 12.6. The van der Waals surface area contributed by atoms with Crippen molar-refractivity contribution in [2.45, 2.75) is 45.2 Å². The lowest BCUT2D eigenvalue weighted by atomic mass is 9.92. The summed E-state index contributed by atoms with van der Waals surface area (Å²) >= 11 is 6.22. The molecule has 2 aromatic rings. The smallest absolute Gasteiger partial charge is 0.253 e. The van der Waals surface area contributed by atoms with Gasteiger partial charge in [0.2, 0.25) is 5.91 Å². The summed E-state index contributed by atoms with van der Waals surface area (Å²) in [4.78, 5) is 28.4. The van der Waals surface area contributed by atoms with Crippen molar-refractivity contribution < 1.29 is 14.3 Å². The van der Waals surface area contributed by atoms with E-state index in [1.807, 2.05) is 30.3 Å². The number of morpholine rings is 1. The Labute approximate surface area is 208 Å². The molecule has 2 atom stereocenters. The number of hydrogen-bond acceptors (Lipinski definition) is 4. The molecule has 0 aromatic heterocycles. The van der Waals surface area contributed by atoms with Gasteiger partial charge in [-0.25, -0.2) is 0 Å². The third-order valence-electron chi connectivity index (χ3n) is 6.63. The quantitative estimate of drug-likeness (QED) is 0.493. The molecule has 0 unspecified atom stereocenters. The van der Waals surface area contributed by atoms with E-state index in [2.05, 4.69) is 29.4 Å². The standard InChI is InChI=1S/C27H36ClN3O3/c1-3-20(4-2)25(31-14-16-34-17-15-31)19-29-26(32)18-24(21-10-6-5-7-11-21)30-27(33)22-12-8-9-13-23(22)28/h5-13,20,24-25H,3-4,14-19H2,1-2H3,(H,29,32)(H,30,33)/t24-,25+/m0/s1. The van der Waals surface area contributed by atoms with Crippen LogP contribution in [-0.4, -0.2) is 55.6 Å². The predicted octanol–water partition coefficient (Wildman–Crippen LogP) is 4.45. The van der Waals surface area contributed by atoms with E-state index in [1.165, 1.54) is 0 Å². The molecule has 1 saturated heterocycles. The van der Waals surface area contributed by atoms with Gasteiger partial charge in [0.05, 0.1) is 36.3 Å². The van der Waals surface area contributed by atoms with E-state index in [1.54, 1.807) is 24.3 Å². The van der Waals surface area contributed by atoms with Crippen LogP contribution in [-0.2, 0) is 9.53 Å². The molecule has 2 amide bonds. The fourth-order valence-electron chi connectivity index (χ4n) is 4.63. The van der Waals surface area contributed by atoms with Crippen LogP contribution in [0.25, 0.3) is 0 Å². The van der Waals surface area contributed by atoms with Crippen LogP contribution < -0.4 is 10.6 Å². The number of rotatable bonds is 11. The fourth-order valence-corrected chi connectivity index (χ4v) is 4.85. The largest absolute Gasteiger partial charge is 0.379 e. The minimum atomic E-state index is -0.458. The molecular formula is C27H36ClN3O3. The summed E-state index contributed by atoms with van der Waals surface area (Å²) in [6.07, 6.45) is 2.28. The number of nitrogens with zero attached hydrogens (tertiary/aromatic N) is 1. The SMILES string of the molecule is CCC(CC)[C@@H](CNC(=O)C[C@H](NC(=O)c1ccccc1Cl)c1ccccc1)N1CCOCC1. The molecule has 3 rings (SSSR count). The molecule has 1 fully saturated rings. The van der Waals surface area contributed by atoms with Gasteiger partial charge in [-0.2, -0.15) is 0 Å². The number of ether oxygens (including phenoxy) is 1. The zero-order chi connectivity index (χ0) is 24.3. The van der Waals surface area contributed by atoms with Crippen LogP contribution in [0.3, 0.4) is 0 Å². The fraction of sp³-hybridized carbons (Fsp3) is 0.481. The van der Waals surface area contributed by atoms with E-state index < -0.39 is 6.04 Å². The third kappa shape index (κ3) is 7.29. The van der Waals surface area contributed by atoms with Gasteiger partial charge in [-0.15, -0.1) is 0 Å². The van der Waals surface area contributed by atoms with Gasteiger partial charge in [-0.3, -0.25) is 14.5 Å². The van der Waals surface area contributed by atoms with E-state index in [9.17, 15) is 9.59 Å². The molecule has 6 nitrogen and oxygen atoms in total. The maximum atomic E-state index is 13.1. The van der Waals surface area contributed by atoms with Crippen molar-refractivity contribution in [3.63, 3.8) is 0 Å². The van der Waals surface area contributed by atoms with E-state index in [4.69, 9.17) is 16.3 Å². The van der Waals surface area contributed by atoms with Gasteiger partial charge in [0.25, 0.3) is 5.91 Å². The number of carbonyl (C=O) groups is 2. The Morgan fingerprint density at radius 1 is 1.00 bits per heavy atom. The second kappa shape index (κ2) is 13.5. The predicted molar refractivity (Wildman–Crippen MR) is 136 cm³/mol. The van der Waals surface area contributed by atoms with Crippen molar-refractivity contribution in [3.8, 4) is 0 Å². The normalized spacial score (nSPS) is 16.1. The first kappa shape index (κ1) is 26.2. The van der Waals surface area contributed by atoms with Crippen LogP contribution in [0.5, 0.6) is 0 Å². The molecule has 7 heteroatoms. The van der Waals surface area contributed by atoms with Gasteiger partial charge in [-0.05, 0) is 23.6 Å². The highest BCUT2D eigenvalue weighted by Gasteiger charge is 2.28. The highest BCUT2D eigenvalue weighted by atomic mass is 35.5. The Morgan fingerprint density at radius 2 is 1.65 bits per heavy atom. The average molecular weight is 486 g/mol. The zero-order valence-electron chi connectivity index (χ0n) is 20.1. The molecule has 0 aliphatic carbocycles. The van der Waals surface area contributed by atoms with Gasteiger partial charge in [0, 0.05) is 25.7 Å². The maximum absolute atomic E-state index is 13.1. The number of hydrogen-bond donors (Lipinski definition) is 2. The number of amides is 2. The Balaban J connectivity index is 1.68. The van der Waals surface area contributed by atoms with Crippen LogP contribution >= 0.6 is 11.6 Å². The molecular weight excluding hydrogens is 450 g/mol.